The number of hydrogen-bond donors (Lipinski definition) is 0. The normalized spacial score (nSPS) is 16.0. The number of nitrogens with zero attached hydrogens (tertiary/aromatic N) is 4. The van der Waals surface area contributed by atoms with Crippen molar-refractivity contribution in [1.82, 2.24) is 9.78 Å². The third kappa shape index (κ3) is 2.74. The van der Waals surface area contributed by atoms with Gasteiger partial charge in [0.2, 0.25) is 0 Å². The van der Waals surface area contributed by atoms with E-state index in [0.29, 0.717) is 12.1 Å². The summed E-state index contributed by atoms with van der Waals surface area (Å²) in [5.74, 6) is -0.886. The van der Waals surface area contributed by atoms with Crippen LogP contribution in [0.4, 0.5) is 10.1 Å². The number of fused-ring (bicyclic) bond motifs is 1. The number of hydrogen-bond acceptors (Lipinski definition) is 3. The van der Waals surface area contributed by atoms with Gasteiger partial charge in [0.15, 0.2) is 0 Å². The van der Waals surface area contributed by atoms with Crippen molar-refractivity contribution >= 4 is 11.6 Å². The van der Waals surface area contributed by atoms with Crippen molar-refractivity contribution in [3.63, 3.8) is 0 Å². The maximum absolute atomic E-state index is 13.6. The van der Waals surface area contributed by atoms with E-state index in [1.807, 2.05) is 41.2 Å². The van der Waals surface area contributed by atoms with Gasteiger partial charge in [-0.2, -0.15) is 10.4 Å². The summed E-state index contributed by atoms with van der Waals surface area (Å²) < 4.78 is 15.5. The molecule has 0 fully saturated rings. The predicted molar refractivity (Wildman–Crippen MR) is 94.2 cm³/mol. The lowest BCUT2D eigenvalue weighted by Gasteiger charge is -2.34. The van der Waals surface area contributed by atoms with Gasteiger partial charge in [-0.1, -0.05) is 18.2 Å². The van der Waals surface area contributed by atoms with E-state index in [1.165, 1.54) is 12.1 Å². The van der Waals surface area contributed by atoms with Crippen molar-refractivity contribution in [2.24, 2.45) is 0 Å². The highest BCUT2D eigenvalue weighted by Gasteiger charge is 2.30. The van der Waals surface area contributed by atoms with Gasteiger partial charge in [0, 0.05) is 30.2 Å². The van der Waals surface area contributed by atoms with E-state index in [-0.39, 0.29) is 17.5 Å². The molecule has 6 heteroatoms. The van der Waals surface area contributed by atoms with E-state index in [2.05, 4.69) is 5.10 Å². The second-order valence-electron chi connectivity index (χ2n) is 6.19. The fraction of sp³-hybridized carbons (Fsp3) is 0.150. The molecule has 1 unspecified atom stereocenters. The first kappa shape index (κ1) is 16.0. The lowest BCUT2D eigenvalue weighted by Crippen LogP contribution is -2.41. The lowest BCUT2D eigenvalue weighted by atomic mass is 9.97. The number of rotatable bonds is 2. The summed E-state index contributed by atoms with van der Waals surface area (Å²) in [5, 5.41) is 13.3. The number of benzene rings is 2. The Morgan fingerprint density at radius 2 is 2.08 bits per heavy atom. The molecule has 5 nitrogen and oxygen atoms in total. The molecule has 0 saturated heterocycles. The monoisotopic (exact) mass is 346 g/mol. The van der Waals surface area contributed by atoms with Gasteiger partial charge in [-0.3, -0.25) is 9.48 Å². The highest BCUT2D eigenvalue weighted by molar-refractivity contribution is 6.07. The molecule has 1 aromatic heterocycles. The number of para-hydroxylation sites is 1. The van der Waals surface area contributed by atoms with Gasteiger partial charge >= 0.3 is 0 Å². The predicted octanol–water partition coefficient (Wildman–Crippen LogP) is 3.34. The van der Waals surface area contributed by atoms with Crippen LogP contribution in [-0.2, 0) is 6.42 Å². The summed E-state index contributed by atoms with van der Waals surface area (Å²) in [5.41, 5.74) is 2.04. The van der Waals surface area contributed by atoms with E-state index in [4.69, 9.17) is 5.26 Å². The van der Waals surface area contributed by atoms with Crippen LogP contribution in [0.15, 0.2) is 60.9 Å². The Kier molecular flexibility index (Phi) is 3.98. The average Bonchev–Trinajstić information content (AvgIpc) is 3.22. The van der Waals surface area contributed by atoms with Crippen LogP contribution in [-0.4, -0.2) is 22.2 Å². The fourth-order valence-corrected chi connectivity index (χ4v) is 3.34. The van der Waals surface area contributed by atoms with Crippen LogP contribution in [0.1, 0.15) is 27.5 Å². The van der Waals surface area contributed by atoms with Crippen LogP contribution >= 0.6 is 0 Å². The molecule has 26 heavy (non-hydrogen) atoms. The van der Waals surface area contributed by atoms with E-state index in [1.54, 1.807) is 17.2 Å². The van der Waals surface area contributed by atoms with E-state index < -0.39 is 5.82 Å². The molecule has 2 aromatic carbocycles. The van der Waals surface area contributed by atoms with Crippen molar-refractivity contribution < 1.29 is 9.18 Å². The van der Waals surface area contributed by atoms with Crippen LogP contribution in [0.2, 0.25) is 0 Å². The fourth-order valence-electron chi connectivity index (χ4n) is 3.34. The summed E-state index contributed by atoms with van der Waals surface area (Å²) in [4.78, 5) is 14.8. The first-order valence-corrected chi connectivity index (χ1v) is 8.26. The SMILES string of the molecule is N#Cc1cc(C(=O)N2CC(n3cccn3)Cc3ccccc32)ccc1F. The molecule has 0 bridgehead atoms. The summed E-state index contributed by atoms with van der Waals surface area (Å²) in [6.45, 7) is 0.455. The summed E-state index contributed by atoms with van der Waals surface area (Å²) in [7, 11) is 0. The number of halogens is 1. The quantitative estimate of drug-likeness (QED) is 0.715. The number of aromatic nitrogens is 2. The zero-order valence-electron chi connectivity index (χ0n) is 13.8. The van der Waals surface area contributed by atoms with Gasteiger partial charge in [0.25, 0.3) is 5.91 Å². The van der Waals surface area contributed by atoms with Gasteiger partial charge in [-0.05, 0) is 42.3 Å². The molecular weight excluding hydrogens is 331 g/mol. The van der Waals surface area contributed by atoms with Crippen LogP contribution in [0.5, 0.6) is 0 Å². The standard InChI is InChI=1S/C20H15FN4O/c21-18-7-6-15(10-16(18)12-22)20(26)24-13-17(25-9-3-8-23-25)11-14-4-1-2-5-19(14)24/h1-10,17H,11,13H2. The summed E-state index contributed by atoms with van der Waals surface area (Å²) in [6, 6.07) is 15.3. The molecule has 0 spiro atoms. The summed E-state index contributed by atoms with van der Waals surface area (Å²) >= 11 is 0. The molecule has 0 radical (unpaired) electrons. The number of amides is 1. The summed E-state index contributed by atoms with van der Waals surface area (Å²) in [6.07, 6.45) is 4.37. The Morgan fingerprint density at radius 1 is 1.23 bits per heavy atom. The molecule has 1 aliphatic heterocycles. The minimum atomic E-state index is -0.627. The van der Waals surface area contributed by atoms with Crippen molar-refractivity contribution in [3.8, 4) is 6.07 Å². The molecule has 1 aliphatic rings. The Balaban J connectivity index is 1.74. The van der Waals surface area contributed by atoms with Crippen molar-refractivity contribution in [2.45, 2.75) is 12.5 Å². The molecule has 0 N–H and O–H groups in total. The molecule has 1 amide bonds. The van der Waals surface area contributed by atoms with Crippen LogP contribution in [0, 0.1) is 17.1 Å². The molecule has 0 saturated carbocycles. The Labute approximate surface area is 149 Å². The number of carbonyl (C=O) groups is 1. The minimum absolute atomic E-state index is 0.0136. The van der Waals surface area contributed by atoms with Gasteiger partial charge in [0.1, 0.15) is 11.9 Å². The second-order valence-corrected chi connectivity index (χ2v) is 6.19. The minimum Gasteiger partial charge on any atom is -0.306 e. The zero-order chi connectivity index (χ0) is 18.1. The third-order valence-electron chi connectivity index (χ3n) is 4.61. The number of carbonyl (C=O) groups excluding carboxylic acids is 1. The maximum atomic E-state index is 13.6. The second kappa shape index (κ2) is 6.45. The molecule has 0 aliphatic carbocycles. The average molecular weight is 346 g/mol. The molecule has 128 valence electrons. The van der Waals surface area contributed by atoms with Crippen LogP contribution < -0.4 is 4.90 Å². The van der Waals surface area contributed by atoms with E-state index in [0.717, 1.165) is 23.7 Å². The van der Waals surface area contributed by atoms with Crippen LogP contribution in [0.3, 0.4) is 0 Å². The molecule has 2 heterocycles. The van der Waals surface area contributed by atoms with Crippen LogP contribution in [0.25, 0.3) is 0 Å². The zero-order valence-corrected chi connectivity index (χ0v) is 13.8. The highest BCUT2D eigenvalue weighted by Crippen LogP contribution is 2.32. The first-order valence-electron chi connectivity index (χ1n) is 8.26. The Morgan fingerprint density at radius 3 is 2.85 bits per heavy atom. The van der Waals surface area contributed by atoms with Gasteiger partial charge in [-0.25, -0.2) is 4.39 Å². The Hall–Kier alpha value is -3.46. The van der Waals surface area contributed by atoms with Gasteiger partial charge < -0.3 is 4.90 Å². The topological polar surface area (TPSA) is 61.9 Å². The lowest BCUT2D eigenvalue weighted by molar-refractivity contribution is 0.0980. The first-order chi connectivity index (χ1) is 12.7. The van der Waals surface area contributed by atoms with Gasteiger partial charge in [-0.15, -0.1) is 0 Å². The van der Waals surface area contributed by atoms with Crippen molar-refractivity contribution in [1.29, 1.82) is 5.26 Å². The van der Waals surface area contributed by atoms with E-state index >= 15 is 0 Å². The molecule has 4 rings (SSSR count). The highest BCUT2D eigenvalue weighted by atomic mass is 19.1. The van der Waals surface area contributed by atoms with E-state index in [9.17, 15) is 9.18 Å². The van der Waals surface area contributed by atoms with Gasteiger partial charge in [0.05, 0.1) is 11.6 Å². The van der Waals surface area contributed by atoms with Crippen molar-refractivity contribution in [3.05, 3.63) is 83.4 Å². The molecule has 3 aromatic rings. The maximum Gasteiger partial charge on any atom is 0.258 e. The molecular formula is C20H15FN4O. The number of nitriles is 1. The molecule has 1 atom stereocenters. The third-order valence-corrected chi connectivity index (χ3v) is 4.61. The van der Waals surface area contributed by atoms with Crippen molar-refractivity contribution in [2.75, 3.05) is 11.4 Å². The smallest absolute Gasteiger partial charge is 0.258 e. The Bertz CT molecular complexity index is 1010. The number of anilines is 1. The largest absolute Gasteiger partial charge is 0.306 e.